The fourth-order valence-corrected chi connectivity index (χ4v) is 3.59. The molecular formula is C22H27NO4. The maximum atomic E-state index is 12.8. The van der Waals surface area contributed by atoms with Crippen LogP contribution in [-0.2, 0) is 6.42 Å². The lowest BCUT2D eigenvalue weighted by molar-refractivity contribution is 0.0690. The predicted molar refractivity (Wildman–Crippen MR) is 105 cm³/mol. The van der Waals surface area contributed by atoms with Crippen molar-refractivity contribution in [2.24, 2.45) is 5.92 Å². The van der Waals surface area contributed by atoms with Crippen LogP contribution >= 0.6 is 0 Å². The smallest absolute Gasteiger partial charge is 0.253 e. The second-order valence-electron chi connectivity index (χ2n) is 6.86. The van der Waals surface area contributed by atoms with Gasteiger partial charge in [-0.15, -0.1) is 0 Å². The SMILES string of the molecule is COc1ccc(CC2CCN(C(=O)c3ccc(OC)c(OC)c3)CC2)cc1. The summed E-state index contributed by atoms with van der Waals surface area (Å²) in [5.74, 6) is 2.76. The van der Waals surface area contributed by atoms with E-state index in [1.54, 1.807) is 39.5 Å². The summed E-state index contributed by atoms with van der Waals surface area (Å²) in [4.78, 5) is 14.8. The van der Waals surface area contributed by atoms with Crippen LogP contribution in [0.4, 0.5) is 0 Å². The van der Waals surface area contributed by atoms with Gasteiger partial charge in [0.2, 0.25) is 0 Å². The molecule has 1 amide bonds. The fraction of sp³-hybridized carbons (Fsp3) is 0.409. The standard InChI is InChI=1S/C22H27NO4/c1-25-19-7-4-16(5-8-19)14-17-10-12-23(13-11-17)22(24)18-6-9-20(26-2)21(15-18)27-3/h4-9,15,17H,10-14H2,1-3H3. The van der Waals surface area contributed by atoms with E-state index in [2.05, 4.69) is 12.1 Å². The van der Waals surface area contributed by atoms with Gasteiger partial charge in [0.15, 0.2) is 11.5 Å². The third kappa shape index (κ3) is 4.54. The molecule has 0 unspecified atom stereocenters. The summed E-state index contributed by atoms with van der Waals surface area (Å²) in [5.41, 5.74) is 1.96. The lowest BCUT2D eigenvalue weighted by atomic mass is 9.90. The zero-order valence-corrected chi connectivity index (χ0v) is 16.2. The van der Waals surface area contributed by atoms with Crippen LogP contribution in [0.5, 0.6) is 17.2 Å². The van der Waals surface area contributed by atoms with E-state index in [1.807, 2.05) is 17.0 Å². The molecule has 1 aliphatic heterocycles. The number of carbonyl (C=O) groups excluding carboxylic acids is 1. The summed E-state index contributed by atoms with van der Waals surface area (Å²) >= 11 is 0. The molecule has 2 aromatic carbocycles. The molecule has 1 fully saturated rings. The van der Waals surface area contributed by atoms with Gasteiger partial charge in [0, 0.05) is 18.7 Å². The summed E-state index contributed by atoms with van der Waals surface area (Å²) in [6, 6.07) is 13.6. The normalized spacial score (nSPS) is 14.7. The first kappa shape index (κ1) is 19.1. The number of likely N-dealkylation sites (tertiary alicyclic amines) is 1. The summed E-state index contributed by atoms with van der Waals surface area (Å²) < 4.78 is 15.8. The minimum Gasteiger partial charge on any atom is -0.497 e. The first-order valence-electron chi connectivity index (χ1n) is 9.29. The second kappa shape index (κ2) is 8.80. The zero-order chi connectivity index (χ0) is 19.2. The van der Waals surface area contributed by atoms with E-state index < -0.39 is 0 Å². The fourth-order valence-electron chi connectivity index (χ4n) is 3.59. The molecule has 27 heavy (non-hydrogen) atoms. The predicted octanol–water partition coefficient (Wildman–Crippen LogP) is 3.81. The molecule has 0 spiro atoms. The number of rotatable bonds is 6. The van der Waals surface area contributed by atoms with Crippen molar-refractivity contribution < 1.29 is 19.0 Å². The van der Waals surface area contributed by atoms with Crippen molar-refractivity contribution in [3.8, 4) is 17.2 Å². The molecule has 2 aromatic rings. The van der Waals surface area contributed by atoms with Gasteiger partial charge in [0.05, 0.1) is 21.3 Å². The number of piperidine rings is 1. The summed E-state index contributed by atoms with van der Waals surface area (Å²) in [6.07, 6.45) is 3.08. The second-order valence-corrected chi connectivity index (χ2v) is 6.86. The Morgan fingerprint density at radius 2 is 1.59 bits per heavy atom. The molecule has 144 valence electrons. The molecule has 3 rings (SSSR count). The van der Waals surface area contributed by atoms with Gasteiger partial charge in [0.25, 0.3) is 5.91 Å². The number of methoxy groups -OCH3 is 3. The number of nitrogens with zero attached hydrogens (tertiary/aromatic N) is 1. The molecule has 0 aromatic heterocycles. The van der Waals surface area contributed by atoms with Gasteiger partial charge in [0.1, 0.15) is 5.75 Å². The third-order valence-electron chi connectivity index (χ3n) is 5.22. The molecule has 0 N–H and O–H groups in total. The van der Waals surface area contributed by atoms with Gasteiger partial charge in [-0.3, -0.25) is 4.79 Å². The van der Waals surface area contributed by atoms with Crippen molar-refractivity contribution in [3.63, 3.8) is 0 Å². The topological polar surface area (TPSA) is 48.0 Å². The number of ether oxygens (including phenoxy) is 3. The Morgan fingerprint density at radius 3 is 2.19 bits per heavy atom. The van der Waals surface area contributed by atoms with Crippen molar-refractivity contribution in [2.45, 2.75) is 19.3 Å². The first-order chi connectivity index (χ1) is 13.1. The van der Waals surface area contributed by atoms with Gasteiger partial charge in [-0.25, -0.2) is 0 Å². The van der Waals surface area contributed by atoms with E-state index >= 15 is 0 Å². The Morgan fingerprint density at radius 1 is 0.926 bits per heavy atom. The summed E-state index contributed by atoms with van der Waals surface area (Å²) in [7, 11) is 4.85. The number of hydrogen-bond acceptors (Lipinski definition) is 4. The number of hydrogen-bond donors (Lipinski definition) is 0. The van der Waals surface area contributed by atoms with Crippen LogP contribution in [0.25, 0.3) is 0 Å². The van der Waals surface area contributed by atoms with E-state index in [1.165, 1.54) is 5.56 Å². The monoisotopic (exact) mass is 369 g/mol. The van der Waals surface area contributed by atoms with Crippen LogP contribution in [0.15, 0.2) is 42.5 Å². The van der Waals surface area contributed by atoms with Gasteiger partial charge < -0.3 is 19.1 Å². The van der Waals surface area contributed by atoms with Crippen LogP contribution in [0, 0.1) is 5.92 Å². The number of benzene rings is 2. The van der Waals surface area contributed by atoms with Gasteiger partial charge >= 0.3 is 0 Å². The first-order valence-corrected chi connectivity index (χ1v) is 9.29. The van der Waals surface area contributed by atoms with E-state index in [4.69, 9.17) is 14.2 Å². The van der Waals surface area contributed by atoms with Crippen LogP contribution in [0.3, 0.4) is 0 Å². The molecule has 0 bridgehead atoms. The van der Waals surface area contributed by atoms with Gasteiger partial charge in [-0.05, 0) is 61.1 Å². The molecule has 0 radical (unpaired) electrons. The quantitative estimate of drug-likeness (QED) is 0.777. The van der Waals surface area contributed by atoms with Crippen molar-refractivity contribution in [2.75, 3.05) is 34.4 Å². The Labute approximate surface area is 160 Å². The van der Waals surface area contributed by atoms with Gasteiger partial charge in [-0.1, -0.05) is 12.1 Å². The Balaban J connectivity index is 1.57. The molecule has 0 atom stereocenters. The van der Waals surface area contributed by atoms with Crippen LogP contribution in [-0.4, -0.2) is 45.2 Å². The molecule has 1 aliphatic rings. The molecule has 0 saturated carbocycles. The van der Waals surface area contributed by atoms with Crippen molar-refractivity contribution in [3.05, 3.63) is 53.6 Å². The highest BCUT2D eigenvalue weighted by atomic mass is 16.5. The lowest BCUT2D eigenvalue weighted by Gasteiger charge is -2.32. The van der Waals surface area contributed by atoms with Crippen LogP contribution < -0.4 is 14.2 Å². The zero-order valence-electron chi connectivity index (χ0n) is 16.2. The highest BCUT2D eigenvalue weighted by molar-refractivity contribution is 5.95. The van der Waals surface area contributed by atoms with Crippen LogP contribution in [0.1, 0.15) is 28.8 Å². The van der Waals surface area contributed by atoms with E-state index in [-0.39, 0.29) is 5.91 Å². The maximum Gasteiger partial charge on any atom is 0.253 e. The molecule has 1 saturated heterocycles. The maximum absolute atomic E-state index is 12.8. The average molecular weight is 369 g/mol. The van der Waals surface area contributed by atoms with Gasteiger partial charge in [-0.2, -0.15) is 0 Å². The minimum atomic E-state index is 0.0545. The Bertz CT molecular complexity index is 764. The molecule has 5 heteroatoms. The van der Waals surface area contributed by atoms with E-state index in [9.17, 15) is 4.79 Å². The minimum absolute atomic E-state index is 0.0545. The number of amides is 1. The van der Waals surface area contributed by atoms with Crippen molar-refractivity contribution in [1.29, 1.82) is 0 Å². The average Bonchev–Trinajstić information content (AvgIpc) is 2.73. The third-order valence-corrected chi connectivity index (χ3v) is 5.22. The van der Waals surface area contributed by atoms with Crippen molar-refractivity contribution >= 4 is 5.91 Å². The highest BCUT2D eigenvalue weighted by Gasteiger charge is 2.24. The van der Waals surface area contributed by atoms with E-state index in [0.717, 1.165) is 38.1 Å². The largest absolute Gasteiger partial charge is 0.497 e. The molecule has 1 heterocycles. The molecule has 5 nitrogen and oxygen atoms in total. The molecular weight excluding hydrogens is 342 g/mol. The number of carbonyl (C=O) groups is 1. The Kier molecular flexibility index (Phi) is 6.22. The highest BCUT2D eigenvalue weighted by Crippen LogP contribution is 2.29. The Hall–Kier alpha value is -2.69. The van der Waals surface area contributed by atoms with Crippen molar-refractivity contribution in [1.82, 2.24) is 4.90 Å². The molecule has 0 aliphatic carbocycles. The lowest BCUT2D eigenvalue weighted by Crippen LogP contribution is -2.38. The van der Waals surface area contributed by atoms with Crippen LogP contribution in [0.2, 0.25) is 0 Å². The van der Waals surface area contributed by atoms with E-state index in [0.29, 0.717) is 23.0 Å². The summed E-state index contributed by atoms with van der Waals surface area (Å²) in [5, 5.41) is 0. The summed E-state index contributed by atoms with van der Waals surface area (Å²) in [6.45, 7) is 1.57.